The average Bonchev–Trinajstić information content (AvgIpc) is 3.19. The minimum atomic E-state index is -0.399. The maximum absolute atomic E-state index is 12.1. The van der Waals surface area contributed by atoms with Gasteiger partial charge in [-0.3, -0.25) is 0 Å². The molecule has 2 spiro atoms. The Morgan fingerprint density at radius 3 is 1.38 bits per heavy atom. The summed E-state index contributed by atoms with van der Waals surface area (Å²) in [6.45, 7) is 20.0. The van der Waals surface area contributed by atoms with E-state index in [1.165, 1.54) is 56.8 Å². The van der Waals surface area contributed by atoms with E-state index in [9.17, 15) is 14.4 Å². The number of ether oxygens (including phenoxy) is 6. The molecule has 0 N–H and O–H groups in total. The van der Waals surface area contributed by atoms with Gasteiger partial charge in [-0.05, 0) is 143 Å². The van der Waals surface area contributed by atoms with Crippen LogP contribution < -0.4 is 0 Å². The zero-order valence-electron chi connectivity index (χ0n) is 32.8. The molecule has 6 aliphatic rings. The maximum Gasteiger partial charge on any atom is 0.330 e. The minimum Gasteiger partial charge on any atom is -0.460 e. The molecule has 0 bridgehead atoms. The van der Waals surface area contributed by atoms with Crippen molar-refractivity contribution < 1.29 is 42.8 Å². The standard InChI is InChI=1S/C44H66O9/c1-7-38(45)49-27-26-48-35-16-14-31(15-17-35)41(4,5)30-10-12-32(13-11-30)42(6,33-18-22-43(23-19-33)36(28-50-43)52-39(46)8-2)34-20-24-44(25-21-34)37(29-51-44)53-40(47)9-3/h7-9,30-37H,1-3,10-29H2,4-6H3. The number of rotatable bonds is 14. The first kappa shape index (κ1) is 40.2. The Morgan fingerprint density at radius 2 is 0.981 bits per heavy atom. The zero-order chi connectivity index (χ0) is 37.9. The largest absolute Gasteiger partial charge is 0.460 e. The smallest absolute Gasteiger partial charge is 0.330 e. The van der Waals surface area contributed by atoms with Crippen molar-refractivity contribution in [1.82, 2.24) is 0 Å². The van der Waals surface area contributed by atoms with Gasteiger partial charge in [-0.2, -0.15) is 0 Å². The van der Waals surface area contributed by atoms with E-state index in [4.69, 9.17) is 28.4 Å². The molecule has 2 saturated heterocycles. The van der Waals surface area contributed by atoms with Crippen LogP contribution in [0.1, 0.15) is 124 Å². The molecule has 296 valence electrons. The summed E-state index contributed by atoms with van der Waals surface area (Å²) in [6, 6.07) is 0. The molecule has 2 aliphatic heterocycles. The third kappa shape index (κ3) is 8.23. The molecular weight excluding hydrogens is 672 g/mol. The molecular formula is C44H66O9. The normalized spacial score (nSPS) is 38.3. The van der Waals surface area contributed by atoms with Crippen molar-refractivity contribution in [3.8, 4) is 0 Å². The van der Waals surface area contributed by atoms with Crippen molar-refractivity contribution in [3.63, 3.8) is 0 Å². The van der Waals surface area contributed by atoms with Crippen LogP contribution in [0.25, 0.3) is 0 Å². The average molecular weight is 739 g/mol. The fraction of sp³-hybridized carbons (Fsp3) is 0.795. The SMILES string of the molecule is C=CC(=O)OCCOC1CCC(C(C)(C)C2CCC(C(C)(C3CCC4(CC3)OCC4OC(=O)C=C)C3CCC4(CC3)OCC4OC(=O)C=C)CC2)CC1. The van der Waals surface area contributed by atoms with Gasteiger partial charge in [0.1, 0.15) is 17.8 Å². The van der Waals surface area contributed by atoms with Gasteiger partial charge in [0.25, 0.3) is 0 Å². The second-order valence-corrected chi connectivity index (χ2v) is 18.0. The topological polar surface area (TPSA) is 107 Å². The second-order valence-electron chi connectivity index (χ2n) is 18.0. The lowest BCUT2D eigenvalue weighted by molar-refractivity contribution is -0.272. The Balaban J connectivity index is 1.08. The molecule has 2 unspecified atom stereocenters. The summed E-state index contributed by atoms with van der Waals surface area (Å²) in [5.74, 6) is 2.09. The van der Waals surface area contributed by atoms with Gasteiger partial charge >= 0.3 is 17.9 Å². The predicted molar refractivity (Wildman–Crippen MR) is 202 cm³/mol. The van der Waals surface area contributed by atoms with E-state index < -0.39 is 5.97 Å². The molecule has 9 nitrogen and oxygen atoms in total. The fourth-order valence-corrected chi connectivity index (χ4v) is 12.0. The van der Waals surface area contributed by atoms with E-state index in [1.807, 2.05) is 0 Å². The van der Waals surface area contributed by atoms with Gasteiger partial charge in [0.05, 0.1) is 25.9 Å². The third-order valence-electron chi connectivity index (χ3n) is 15.7. The number of esters is 3. The lowest BCUT2D eigenvalue weighted by Crippen LogP contribution is -2.63. The molecule has 53 heavy (non-hydrogen) atoms. The molecule has 0 aromatic rings. The maximum atomic E-state index is 12.1. The first-order valence-electron chi connectivity index (χ1n) is 20.7. The van der Waals surface area contributed by atoms with Gasteiger partial charge in [0.2, 0.25) is 0 Å². The van der Waals surface area contributed by atoms with Crippen LogP contribution in [0, 0.1) is 40.4 Å². The lowest BCUT2D eigenvalue weighted by Gasteiger charge is -2.60. The first-order valence-corrected chi connectivity index (χ1v) is 20.7. The summed E-state index contributed by atoms with van der Waals surface area (Å²) in [5.41, 5.74) is -0.238. The number of carbonyl (C=O) groups is 3. The van der Waals surface area contributed by atoms with E-state index >= 15 is 0 Å². The summed E-state index contributed by atoms with van der Waals surface area (Å²) >= 11 is 0. The van der Waals surface area contributed by atoms with Gasteiger partial charge < -0.3 is 28.4 Å². The van der Waals surface area contributed by atoms with E-state index in [-0.39, 0.29) is 58.9 Å². The van der Waals surface area contributed by atoms with Crippen LogP contribution >= 0.6 is 0 Å². The van der Waals surface area contributed by atoms with Gasteiger partial charge in [0.15, 0.2) is 12.2 Å². The van der Waals surface area contributed by atoms with Crippen molar-refractivity contribution in [2.24, 2.45) is 40.4 Å². The highest BCUT2D eigenvalue weighted by atomic mass is 16.6. The molecule has 2 atom stereocenters. The number of hydrogen-bond acceptors (Lipinski definition) is 9. The zero-order valence-corrected chi connectivity index (χ0v) is 32.8. The molecule has 0 aromatic heterocycles. The van der Waals surface area contributed by atoms with Crippen molar-refractivity contribution in [2.75, 3.05) is 26.4 Å². The van der Waals surface area contributed by atoms with Gasteiger partial charge in [-0.15, -0.1) is 0 Å². The van der Waals surface area contributed by atoms with Crippen LogP contribution in [0.5, 0.6) is 0 Å². The quantitative estimate of drug-likeness (QED) is 0.0754. The molecule has 9 heteroatoms. The lowest BCUT2D eigenvalue weighted by atomic mass is 9.49. The fourth-order valence-electron chi connectivity index (χ4n) is 12.0. The van der Waals surface area contributed by atoms with Gasteiger partial charge in [-0.1, -0.05) is 40.5 Å². The highest BCUT2D eigenvalue weighted by molar-refractivity contribution is 5.82. The van der Waals surface area contributed by atoms with Crippen LogP contribution in [0.15, 0.2) is 38.0 Å². The van der Waals surface area contributed by atoms with Crippen LogP contribution in [-0.4, -0.2) is 73.8 Å². The van der Waals surface area contributed by atoms with Crippen molar-refractivity contribution in [2.45, 2.75) is 153 Å². The highest BCUT2D eigenvalue weighted by Gasteiger charge is 2.59. The van der Waals surface area contributed by atoms with E-state index in [0.29, 0.717) is 49.4 Å². The molecule has 4 saturated carbocycles. The Kier molecular flexibility index (Phi) is 12.7. The van der Waals surface area contributed by atoms with Crippen molar-refractivity contribution >= 4 is 17.9 Å². The van der Waals surface area contributed by atoms with E-state index in [0.717, 1.165) is 64.2 Å². The summed E-state index contributed by atoms with van der Waals surface area (Å²) in [6.07, 6.45) is 21.2. The first-order chi connectivity index (χ1) is 25.4. The summed E-state index contributed by atoms with van der Waals surface area (Å²) in [4.78, 5) is 35.5. The predicted octanol–water partition coefficient (Wildman–Crippen LogP) is 8.24. The summed E-state index contributed by atoms with van der Waals surface area (Å²) < 4.78 is 35.1. The van der Waals surface area contributed by atoms with E-state index in [2.05, 4.69) is 40.5 Å². The summed E-state index contributed by atoms with van der Waals surface area (Å²) in [7, 11) is 0. The number of carbonyl (C=O) groups excluding carboxylic acids is 3. The summed E-state index contributed by atoms with van der Waals surface area (Å²) in [5, 5.41) is 0. The van der Waals surface area contributed by atoms with E-state index in [1.54, 1.807) is 0 Å². The molecule has 2 heterocycles. The molecule has 0 amide bonds. The monoisotopic (exact) mass is 738 g/mol. The van der Waals surface area contributed by atoms with Crippen LogP contribution in [0.2, 0.25) is 0 Å². The Labute approximate surface area is 317 Å². The second kappa shape index (κ2) is 16.7. The Morgan fingerprint density at radius 1 is 0.585 bits per heavy atom. The Bertz CT molecular complexity index is 1260. The van der Waals surface area contributed by atoms with Crippen molar-refractivity contribution in [1.29, 1.82) is 0 Å². The molecule has 4 aliphatic carbocycles. The van der Waals surface area contributed by atoms with Crippen LogP contribution in [0.4, 0.5) is 0 Å². The van der Waals surface area contributed by atoms with Gasteiger partial charge in [-0.25, -0.2) is 14.4 Å². The third-order valence-corrected chi connectivity index (χ3v) is 15.7. The van der Waals surface area contributed by atoms with Crippen LogP contribution in [-0.2, 0) is 42.8 Å². The molecule has 0 aromatic carbocycles. The highest BCUT2D eigenvalue weighted by Crippen LogP contribution is 2.62. The molecule has 6 rings (SSSR count). The van der Waals surface area contributed by atoms with Gasteiger partial charge in [0, 0.05) is 18.2 Å². The van der Waals surface area contributed by atoms with Crippen molar-refractivity contribution in [3.05, 3.63) is 38.0 Å². The number of hydrogen-bond donors (Lipinski definition) is 0. The molecule has 6 fully saturated rings. The minimum absolute atomic E-state index is 0.179. The molecule has 0 radical (unpaired) electrons. The Hall–Kier alpha value is -2.49. The van der Waals surface area contributed by atoms with Crippen LogP contribution in [0.3, 0.4) is 0 Å².